The van der Waals surface area contributed by atoms with E-state index in [-0.39, 0.29) is 12.8 Å². The first-order valence-corrected chi connectivity index (χ1v) is 7.15. The summed E-state index contributed by atoms with van der Waals surface area (Å²) in [6, 6.07) is 0. The topological polar surface area (TPSA) is 74.6 Å². The second kappa shape index (κ2) is 8.18. The Morgan fingerprint density at radius 3 is 1.58 bits per heavy atom. The van der Waals surface area contributed by atoms with Crippen molar-refractivity contribution in [3.63, 3.8) is 0 Å². The summed E-state index contributed by atoms with van der Waals surface area (Å²) in [7, 11) is 0. The highest BCUT2D eigenvalue weighted by Crippen LogP contribution is 2.37. The molecule has 0 bridgehead atoms. The van der Waals surface area contributed by atoms with E-state index in [2.05, 4.69) is 27.7 Å². The fourth-order valence-corrected chi connectivity index (χ4v) is 2.17. The molecule has 0 heterocycles. The zero-order valence-corrected chi connectivity index (χ0v) is 12.6. The van der Waals surface area contributed by atoms with Crippen LogP contribution in [0.1, 0.15) is 66.2 Å². The van der Waals surface area contributed by atoms with Gasteiger partial charge in [0.1, 0.15) is 0 Å². The zero-order chi connectivity index (χ0) is 15.1. The predicted molar refractivity (Wildman–Crippen MR) is 75.1 cm³/mol. The van der Waals surface area contributed by atoms with Crippen molar-refractivity contribution in [2.24, 2.45) is 17.3 Å². The van der Waals surface area contributed by atoms with Crippen molar-refractivity contribution in [2.75, 3.05) is 0 Å². The molecule has 0 atom stereocenters. The Morgan fingerprint density at radius 1 is 0.895 bits per heavy atom. The summed E-state index contributed by atoms with van der Waals surface area (Å²) >= 11 is 0. The summed E-state index contributed by atoms with van der Waals surface area (Å²) in [6.45, 7) is 8.25. The van der Waals surface area contributed by atoms with E-state index in [1.54, 1.807) is 0 Å². The summed E-state index contributed by atoms with van der Waals surface area (Å²) in [5.74, 6) is -0.889. The van der Waals surface area contributed by atoms with Gasteiger partial charge in [0, 0.05) is 6.42 Å². The average molecular weight is 272 g/mol. The third-order valence-electron chi connectivity index (χ3n) is 3.67. The van der Waals surface area contributed by atoms with Crippen LogP contribution >= 0.6 is 0 Å². The summed E-state index contributed by atoms with van der Waals surface area (Å²) in [5, 5.41) is 18.4. The van der Waals surface area contributed by atoms with E-state index in [0.29, 0.717) is 24.7 Å². The van der Waals surface area contributed by atoms with Crippen LogP contribution in [-0.2, 0) is 9.59 Å². The molecular formula is C15H28O4. The lowest BCUT2D eigenvalue weighted by molar-refractivity contribution is -0.151. The van der Waals surface area contributed by atoms with Gasteiger partial charge in [0.05, 0.1) is 5.41 Å². The van der Waals surface area contributed by atoms with Gasteiger partial charge in [0.2, 0.25) is 0 Å². The van der Waals surface area contributed by atoms with Crippen molar-refractivity contribution in [1.29, 1.82) is 0 Å². The molecule has 0 rings (SSSR count). The first kappa shape index (κ1) is 17.9. The maximum absolute atomic E-state index is 11.7. The standard InChI is InChI=1S/C15H28O4/c1-11(2)5-8-15(14(18)19,9-6-12(3)4)10-7-13(16)17/h11-12H,5-10H2,1-4H3,(H,16,17)(H,18,19). The van der Waals surface area contributed by atoms with Gasteiger partial charge in [0.25, 0.3) is 0 Å². The molecule has 0 aliphatic heterocycles. The van der Waals surface area contributed by atoms with Gasteiger partial charge in [-0.25, -0.2) is 0 Å². The minimum Gasteiger partial charge on any atom is -0.481 e. The number of rotatable bonds is 10. The molecule has 112 valence electrons. The summed E-state index contributed by atoms with van der Waals surface area (Å²) in [4.78, 5) is 22.4. The maximum atomic E-state index is 11.7. The Morgan fingerprint density at radius 2 is 1.32 bits per heavy atom. The fourth-order valence-electron chi connectivity index (χ4n) is 2.17. The van der Waals surface area contributed by atoms with Crippen molar-refractivity contribution >= 4 is 11.9 Å². The van der Waals surface area contributed by atoms with E-state index in [1.807, 2.05) is 0 Å². The van der Waals surface area contributed by atoms with Gasteiger partial charge in [0.15, 0.2) is 0 Å². The molecule has 0 saturated heterocycles. The SMILES string of the molecule is CC(C)CCC(CCC(=O)O)(CCC(C)C)C(=O)O. The van der Waals surface area contributed by atoms with Crippen molar-refractivity contribution < 1.29 is 19.8 Å². The quantitative estimate of drug-likeness (QED) is 0.634. The smallest absolute Gasteiger partial charge is 0.309 e. The van der Waals surface area contributed by atoms with Gasteiger partial charge in [-0.2, -0.15) is 0 Å². The van der Waals surface area contributed by atoms with Gasteiger partial charge in [-0.1, -0.05) is 27.7 Å². The number of carboxylic acid groups (broad SMARTS) is 2. The number of carboxylic acids is 2. The number of hydrogen-bond donors (Lipinski definition) is 2. The van der Waals surface area contributed by atoms with Crippen LogP contribution in [0.2, 0.25) is 0 Å². The van der Waals surface area contributed by atoms with Gasteiger partial charge in [-0.05, 0) is 43.9 Å². The Labute approximate surface area is 116 Å². The summed E-state index contributed by atoms with van der Waals surface area (Å²) < 4.78 is 0. The van der Waals surface area contributed by atoms with E-state index in [1.165, 1.54) is 0 Å². The second-order valence-corrected chi connectivity index (χ2v) is 6.34. The first-order chi connectivity index (χ1) is 8.69. The molecule has 19 heavy (non-hydrogen) atoms. The number of carbonyl (C=O) groups is 2. The molecule has 4 heteroatoms. The van der Waals surface area contributed by atoms with Gasteiger partial charge < -0.3 is 10.2 Å². The van der Waals surface area contributed by atoms with Crippen molar-refractivity contribution in [2.45, 2.75) is 66.2 Å². The largest absolute Gasteiger partial charge is 0.481 e. The molecule has 0 fully saturated rings. The van der Waals surface area contributed by atoms with Crippen LogP contribution in [0, 0.1) is 17.3 Å². The molecule has 0 aromatic rings. The van der Waals surface area contributed by atoms with E-state index in [4.69, 9.17) is 5.11 Å². The van der Waals surface area contributed by atoms with Gasteiger partial charge in [-0.15, -0.1) is 0 Å². The summed E-state index contributed by atoms with van der Waals surface area (Å²) in [6.07, 6.45) is 2.95. The molecule has 0 aliphatic carbocycles. The van der Waals surface area contributed by atoms with Crippen LogP contribution in [0.25, 0.3) is 0 Å². The molecule has 4 nitrogen and oxygen atoms in total. The molecule has 0 aromatic carbocycles. The molecule has 2 N–H and O–H groups in total. The van der Waals surface area contributed by atoms with Crippen LogP contribution in [0.3, 0.4) is 0 Å². The summed E-state index contributed by atoms with van der Waals surface area (Å²) in [5.41, 5.74) is -0.868. The van der Waals surface area contributed by atoms with E-state index in [9.17, 15) is 14.7 Å². The van der Waals surface area contributed by atoms with Crippen molar-refractivity contribution in [3.8, 4) is 0 Å². The first-order valence-electron chi connectivity index (χ1n) is 7.15. The van der Waals surface area contributed by atoms with Crippen molar-refractivity contribution in [1.82, 2.24) is 0 Å². The highest BCUT2D eigenvalue weighted by atomic mass is 16.4. The van der Waals surface area contributed by atoms with E-state index < -0.39 is 17.4 Å². The normalized spacial score (nSPS) is 12.1. The van der Waals surface area contributed by atoms with Crippen LogP contribution in [0.15, 0.2) is 0 Å². The Balaban J connectivity index is 4.87. The van der Waals surface area contributed by atoms with Gasteiger partial charge >= 0.3 is 11.9 Å². The highest BCUT2D eigenvalue weighted by Gasteiger charge is 2.38. The minimum absolute atomic E-state index is 0.0670. The van der Waals surface area contributed by atoms with Crippen LogP contribution < -0.4 is 0 Å². The molecule has 0 aliphatic rings. The third kappa shape index (κ3) is 7.19. The molecule has 0 spiro atoms. The lowest BCUT2D eigenvalue weighted by atomic mass is 9.73. The number of hydrogen-bond acceptors (Lipinski definition) is 2. The zero-order valence-electron chi connectivity index (χ0n) is 12.6. The molecule has 0 radical (unpaired) electrons. The average Bonchev–Trinajstić information content (AvgIpc) is 2.27. The van der Waals surface area contributed by atoms with Crippen LogP contribution in [0.5, 0.6) is 0 Å². The molecule has 0 amide bonds. The lowest BCUT2D eigenvalue weighted by Crippen LogP contribution is -2.32. The Bertz CT molecular complexity index is 283. The Kier molecular flexibility index (Phi) is 7.72. The van der Waals surface area contributed by atoms with Crippen molar-refractivity contribution in [3.05, 3.63) is 0 Å². The molecule has 0 unspecified atom stereocenters. The maximum Gasteiger partial charge on any atom is 0.309 e. The monoisotopic (exact) mass is 272 g/mol. The fraction of sp³-hybridized carbons (Fsp3) is 0.867. The van der Waals surface area contributed by atoms with Gasteiger partial charge in [-0.3, -0.25) is 9.59 Å². The Hall–Kier alpha value is -1.06. The third-order valence-corrected chi connectivity index (χ3v) is 3.67. The molecular weight excluding hydrogens is 244 g/mol. The van der Waals surface area contributed by atoms with Crippen LogP contribution in [-0.4, -0.2) is 22.2 Å². The lowest BCUT2D eigenvalue weighted by Gasteiger charge is -2.30. The van der Waals surface area contributed by atoms with E-state index >= 15 is 0 Å². The number of aliphatic carboxylic acids is 2. The minimum atomic E-state index is -0.917. The highest BCUT2D eigenvalue weighted by molar-refractivity contribution is 5.76. The predicted octanol–water partition coefficient (Wildman–Crippen LogP) is 3.79. The second-order valence-electron chi connectivity index (χ2n) is 6.34. The molecule has 0 aromatic heterocycles. The van der Waals surface area contributed by atoms with Crippen LogP contribution in [0.4, 0.5) is 0 Å². The molecule has 0 saturated carbocycles. The van der Waals surface area contributed by atoms with E-state index in [0.717, 1.165) is 12.8 Å².